The highest BCUT2D eigenvalue weighted by atomic mass is 19.4. The van der Waals surface area contributed by atoms with Crippen LogP contribution in [0.15, 0.2) is 59.5 Å². The number of benzene rings is 2. The topological polar surface area (TPSA) is 56.4 Å². The van der Waals surface area contributed by atoms with Gasteiger partial charge in [-0.05, 0) is 54.4 Å². The van der Waals surface area contributed by atoms with Gasteiger partial charge in [0.25, 0.3) is 5.91 Å². The Morgan fingerprint density at radius 1 is 0.968 bits per heavy atom. The summed E-state index contributed by atoms with van der Waals surface area (Å²) < 4.78 is 53.9. The molecule has 1 aromatic heterocycles. The first-order valence-electron chi connectivity index (χ1n) is 9.47. The number of alkyl halides is 3. The fraction of sp³-hybridized carbons (Fsp3) is 0.182. The molecule has 31 heavy (non-hydrogen) atoms. The molecule has 3 aromatic rings. The Balaban J connectivity index is 1.92. The van der Waals surface area contributed by atoms with Gasteiger partial charge in [-0.1, -0.05) is 6.92 Å². The Bertz CT molecular complexity index is 1200. The van der Waals surface area contributed by atoms with Crippen molar-refractivity contribution in [2.45, 2.75) is 19.5 Å². The van der Waals surface area contributed by atoms with Crippen molar-refractivity contribution in [2.24, 2.45) is 0 Å². The SMILES string of the molecule is CCc1cc(F)ccc1N1CN(c2ccc(=O)[nH]c2)C(=O)c2ccc(C(F)(F)F)cc21. The van der Waals surface area contributed by atoms with Crippen LogP contribution in [0.1, 0.15) is 28.4 Å². The number of halogens is 4. The first-order valence-corrected chi connectivity index (χ1v) is 9.47. The summed E-state index contributed by atoms with van der Waals surface area (Å²) >= 11 is 0. The van der Waals surface area contributed by atoms with Crippen LogP contribution >= 0.6 is 0 Å². The van der Waals surface area contributed by atoms with Crippen molar-refractivity contribution >= 4 is 23.0 Å². The maximum absolute atomic E-state index is 13.8. The molecule has 0 saturated heterocycles. The van der Waals surface area contributed by atoms with E-state index in [0.717, 1.165) is 18.2 Å². The van der Waals surface area contributed by atoms with Gasteiger partial charge in [0.15, 0.2) is 0 Å². The molecule has 2 aromatic carbocycles. The zero-order valence-corrected chi connectivity index (χ0v) is 16.3. The fourth-order valence-electron chi connectivity index (χ4n) is 3.62. The number of carbonyl (C=O) groups is 1. The predicted octanol–water partition coefficient (Wildman–Crippen LogP) is 4.85. The largest absolute Gasteiger partial charge is 0.416 e. The Morgan fingerprint density at radius 3 is 2.39 bits per heavy atom. The maximum Gasteiger partial charge on any atom is 0.416 e. The number of aryl methyl sites for hydroxylation is 1. The number of anilines is 3. The second kappa shape index (κ2) is 7.57. The van der Waals surface area contributed by atoms with Crippen molar-refractivity contribution in [3.05, 3.63) is 87.6 Å². The fourth-order valence-corrected chi connectivity index (χ4v) is 3.62. The zero-order valence-electron chi connectivity index (χ0n) is 16.3. The second-order valence-electron chi connectivity index (χ2n) is 7.07. The van der Waals surface area contributed by atoms with E-state index >= 15 is 0 Å². The molecule has 2 heterocycles. The summed E-state index contributed by atoms with van der Waals surface area (Å²) in [5, 5.41) is 0. The van der Waals surface area contributed by atoms with E-state index in [4.69, 9.17) is 0 Å². The number of aromatic nitrogens is 1. The highest BCUT2D eigenvalue weighted by Gasteiger charge is 2.36. The molecule has 5 nitrogen and oxygen atoms in total. The minimum Gasteiger partial charge on any atom is -0.327 e. The standard InChI is InChI=1S/C22H17F4N3O2/c1-2-13-9-15(23)4-7-18(13)29-12-28(16-5-8-20(30)27-11-16)21(31)17-6-3-14(10-19(17)29)22(24,25)26/h3-11H,2,12H2,1H3,(H,27,30). The van der Waals surface area contributed by atoms with Crippen LogP contribution in [0.25, 0.3) is 0 Å². The van der Waals surface area contributed by atoms with E-state index in [2.05, 4.69) is 4.98 Å². The van der Waals surface area contributed by atoms with Crippen molar-refractivity contribution in [3.63, 3.8) is 0 Å². The van der Waals surface area contributed by atoms with Crippen LogP contribution in [0.3, 0.4) is 0 Å². The van der Waals surface area contributed by atoms with Gasteiger partial charge in [-0.15, -0.1) is 0 Å². The number of nitrogens with zero attached hydrogens (tertiary/aromatic N) is 2. The summed E-state index contributed by atoms with van der Waals surface area (Å²) in [4.78, 5) is 29.9. The molecule has 0 saturated carbocycles. The first kappa shape index (κ1) is 20.6. The van der Waals surface area contributed by atoms with Crippen molar-refractivity contribution < 1.29 is 22.4 Å². The number of H-pyrrole nitrogens is 1. The van der Waals surface area contributed by atoms with Gasteiger partial charge in [-0.2, -0.15) is 13.2 Å². The molecule has 0 bridgehead atoms. The summed E-state index contributed by atoms with van der Waals surface area (Å²) in [5.74, 6) is -0.970. The van der Waals surface area contributed by atoms with E-state index in [1.165, 1.54) is 41.4 Å². The Morgan fingerprint density at radius 2 is 1.74 bits per heavy atom. The second-order valence-corrected chi connectivity index (χ2v) is 7.07. The van der Waals surface area contributed by atoms with Crippen molar-refractivity contribution in [2.75, 3.05) is 16.5 Å². The smallest absolute Gasteiger partial charge is 0.327 e. The summed E-state index contributed by atoms with van der Waals surface area (Å²) in [5.41, 5.74) is 0.360. The van der Waals surface area contributed by atoms with E-state index in [-0.39, 0.29) is 23.5 Å². The number of fused-ring (bicyclic) bond motifs is 1. The molecule has 0 spiro atoms. The van der Waals surface area contributed by atoms with Gasteiger partial charge in [0, 0.05) is 18.0 Å². The summed E-state index contributed by atoms with van der Waals surface area (Å²) in [6, 6.07) is 9.67. The Kier molecular flexibility index (Phi) is 5.04. The molecule has 1 aliphatic heterocycles. The quantitative estimate of drug-likeness (QED) is 0.603. The van der Waals surface area contributed by atoms with Crippen LogP contribution in [-0.2, 0) is 12.6 Å². The van der Waals surface area contributed by atoms with Crippen molar-refractivity contribution in [1.82, 2.24) is 4.98 Å². The number of hydrogen-bond acceptors (Lipinski definition) is 3. The molecule has 1 N–H and O–H groups in total. The van der Waals surface area contributed by atoms with Crippen molar-refractivity contribution in [3.8, 4) is 0 Å². The average Bonchev–Trinajstić information content (AvgIpc) is 2.74. The minimum absolute atomic E-state index is 0.0665. The predicted molar refractivity (Wildman–Crippen MR) is 108 cm³/mol. The molecule has 1 aliphatic rings. The molecule has 9 heteroatoms. The average molecular weight is 431 g/mol. The normalized spacial score (nSPS) is 14.0. The number of aromatic amines is 1. The van der Waals surface area contributed by atoms with Crippen LogP contribution in [-0.4, -0.2) is 17.6 Å². The van der Waals surface area contributed by atoms with Gasteiger partial charge in [-0.25, -0.2) is 4.39 Å². The molecule has 0 atom stereocenters. The minimum atomic E-state index is -4.59. The monoisotopic (exact) mass is 431 g/mol. The lowest BCUT2D eigenvalue weighted by molar-refractivity contribution is -0.137. The van der Waals surface area contributed by atoms with Crippen LogP contribution in [0.2, 0.25) is 0 Å². The molecule has 0 unspecified atom stereocenters. The van der Waals surface area contributed by atoms with Crippen molar-refractivity contribution in [1.29, 1.82) is 0 Å². The Labute approximate surface area is 174 Å². The van der Waals surface area contributed by atoms with E-state index < -0.39 is 23.5 Å². The van der Waals surface area contributed by atoms with Gasteiger partial charge in [0.1, 0.15) is 12.5 Å². The highest BCUT2D eigenvalue weighted by molar-refractivity contribution is 6.12. The lowest BCUT2D eigenvalue weighted by atomic mass is 10.0. The van der Waals surface area contributed by atoms with E-state index in [1.54, 1.807) is 11.8 Å². The molecule has 0 aliphatic carbocycles. The van der Waals surface area contributed by atoms with E-state index in [0.29, 0.717) is 23.4 Å². The number of nitrogens with one attached hydrogen (secondary N) is 1. The number of carbonyl (C=O) groups excluding carboxylic acids is 1. The van der Waals surface area contributed by atoms with E-state index in [1.807, 2.05) is 0 Å². The molecule has 1 amide bonds. The third-order valence-electron chi connectivity index (χ3n) is 5.17. The maximum atomic E-state index is 13.8. The van der Waals surface area contributed by atoms with E-state index in [9.17, 15) is 27.2 Å². The van der Waals surface area contributed by atoms with Gasteiger partial charge in [0.2, 0.25) is 5.56 Å². The number of rotatable bonds is 3. The van der Waals surface area contributed by atoms with Gasteiger partial charge >= 0.3 is 6.18 Å². The van der Waals surface area contributed by atoms with Crippen LogP contribution in [0.4, 0.5) is 34.6 Å². The third kappa shape index (κ3) is 3.78. The van der Waals surface area contributed by atoms with Crippen LogP contribution in [0.5, 0.6) is 0 Å². The van der Waals surface area contributed by atoms with Crippen LogP contribution < -0.4 is 15.4 Å². The molecule has 0 radical (unpaired) electrons. The van der Waals surface area contributed by atoms with Gasteiger partial charge in [-0.3, -0.25) is 14.5 Å². The molecule has 160 valence electrons. The first-order chi connectivity index (χ1) is 14.7. The molecule has 0 fully saturated rings. The lowest BCUT2D eigenvalue weighted by Crippen LogP contribution is -2.45. The van der Waals surface area contributed by atoms with Crippen LogP contribution in [0, 0.1) is 5.82 Å². The number of pyridine rings is 1. The summed E-state index contributed by atoms with van der Waals surface area (Å²) in [6.45, 7) is 1.69. The molecular formula is C22H17F4N3O2. The third-order valence-corrected chi connectivity index (χ3v) is 5.17. The number of amides is 1. The Hall–Kier alpha value is -3.62. The lowest BCUT2D eigenvalue weighted by Gasteiger charge is -2.39. The van der Waals surface area contributed by atoms with Gasteiger partial charge in [0.05, 0.1) is 22.5 Å². The molecule has 4 rings (SSSR count). The molecular weight excluding hydrogens is 414 g/mol. The zero-order chi connectivity index (χ0) is 22.3. The highest BCUT2D eigenvalue weighted by Crippen LogP contribution is 2.40. The van der Waals surface area contributed by atoms with Gasteiger partial charge < -0.3 is 9.88 Å². The summed E-state index contributed by atoms with van der Waals surface area (Å²) in [7, 11) is 0. The summed E-state index contributed by atoms with van der Waals surface area (Å²) in [6.07, 6.45) is -2.79. The number of hydrogen-bond donors (Lipinski definition) is 1.